The maximum Gasteiger partial charge on any atom is 0.253 e. The number of carbonyl (C=O) groups excluding carboxylic acids is 1. The molecule has 1 aromatic carbocycles. The second-order valence-corrected chi connectivity index (χ2v) is 5.23. The van der Waals surface area contributed by atoms with Crippen molar-refractivity contribution < 1.29 is 14.3 Å². The number of piperidine rings is 1. The molecule has 1 amide bonds. The lowest BCUT2D eigenvalue weighted by Crippen LogP contribution is -2.38. The molecule has 114 valence electrons. The third-order valence-corrected chi connectivity index (χ3v) is 3.92. The normalized spacial score (nSPS) is 16.2. The molecule has 21 heavy (non-hydrogen) atoms. The lowest BCUT2D eigenvalue weighted by atomic mass is 9.96. The minimum absolute atomic E-state index is 0.0647. The van der Waals surface area contributed by atoms with Crippen molar-refractivity contribution in [3.8, 4) is 11.5 Å². The second-order valence-electron chi connectivity index (χ2n) is 5.23. The molecule has 0 N–H and O–H groups in total. The highest BCUT2D eigenvalue weighted by Crippen LogP contribution is 2.28. The first kappa shape index (κ1) is 15.4. The lowest BCUT2D eigenvalue weighted by Gasteiger charge is -2.31. The van der Waals surface area contributed by atoms with E-state index in [1.54, 1.807) is 32.4 Å². The highest BCUT2D eigenvalue weighted by atomic mass is 16.5. The number of nitrogens with zero attached hydrogens (tertiary/aromatic N) is 1. The molecular weight excluding hydrogens is 266 g/mol. The van der Waals surface area contributed by atoms with Crippen LogP contribution in [0.5, 0.6) is 11.5 Å². The molecule has 4 heteroatoms. The fraction of sp³-hybridized carbons (Fsp3) is 0.471. The van der Waals surface area contributed by atoms with Crippen LogP contribution >= 0.6 is 0 Å². The number of rotatable bonds is 4. The van der Waals surface area contributed by atoms with Crippen LogP contribution in [0.25, 0.3) is 0 Å². The van der Waals surface area contributed by atoms with E-state index in [-0.39, 0.29) is 5.91 Å². The largest absolute Gasteiger partial charge is 0.493 e. The Morgan fingerprint density at radius 1 is 1.19 bits per heavy atom. The fourth-order valence-corrected chi connectivity index (χ4v) is 2.72. The van der Waals surface area contributed by atoms with Crippen molar-refractivity contribution in [1.29, 1.82) is 0 Å². The van der Waals surface area contributed by atoms with Gasteiger partial charge >= 0.3 is 0 Å². The summed E-state index contributed by atoms with van der Waals surface area (Å²) in [6, 6.07) is 5.32. The van der Waals surface area contributed by atoms with Gasteiger partial charge in [-0.15, -0.1) is 0 Å². The molecule has 0 aromatic heterocycles. The summed E-state index contributed by atoms with van der Waals surface area (Å²) in [6.45, 7) is 3.66. The SMILES string of the molecule is C/C=C/C1CCN(C(=O)c2ccc(OC)c(OC)c2)CC1. The number of hydrogen-bond donors (Lipinski definition) is 0. The number of likely N-dealkylation sites (tertiary alicyclic amines) is 1. The van der Waals surface area contributed by atoms with Gasteiger partial charge in [0.25, 0.3) is 5.91 Å². The number of ether oxygens (including phenoxy) is 2. The number of benzene rings is 1. The maximum atomic E-state index is 12.5. The van der Waals surface area contributed by atoms with Crippen LogP contribution in [0, 0.1) is 5.92 Å². The number of allylic oxidation sites excluding steroid dienone is 2. The molecule has 0 saturated carbocycles. The predicted molar refractivity (Wildman–Crippen MR) is 83.0 cm³/mol. The van der Waals surface area contributed by atoms with Crippen LogP contribution in [0.1, 0.15) is 30.1 Å². The van der Waals surface area contributed by atoms with Crippen molar-refractivity contribution in [1.82, 2.24) is 4.90 Å². The molecule has 1 aromatic rings. The standard InChI is InChI=1S/C17H23NO3/c1-4-5-13-8-10-18(11-9-13)17(19)14-6-7-15(20-2)16(12-14)21-3/h4-7,12-13H,8-11H2,1-3H3/b5-4+. The van der Waals surface area contributed by atoms with Crippen molar-refractivity contribution in [2.24, 2.45) is 5.92 Å². The van der Waals surface area contributed by atoms with E-state index in [9.17, 15) is 4.79 Å². The Morgan fingerprint density at radius 3 is 2.43 bits per heavy atom. The first-order chi connectivity index (χ1) is 10.2. The zero-order chi connectivity index (χ0) is 15.2. The highest BCUT2D eigenvalue weighted by molar-refractivity contribution is 5.95. The van der Waals surface area contributed by atoms with Crippen LogP contribution in [0.2, 0.25) is 0 Å². The van der Waals surface area contributed by atoms with Crippen molar-refractivity contribution in [2.45, 2.75) is 19.8 Å². The Kier molecular flexibility index (Phi) is 5.26. The smallest absolute Gasteiger partial charge is 0.253 e. The molecule has 1 aliphatic rings. The molecule has 0 atom stereocenters. The fourth-order valence-electron chi connectivity index (χ4n) is 2.72. The molecule has 1 saturated heterocycles. The number of methoxy groups -OCH3 is 2. The highest BCUT2D eigenvalue weighted by Gasteiger charge is 2.23. The number of amides is 1. The Bertz CT molecular complexity index is 517. The Hall–Kier alpha value is -1.97. The molecule has 0 spiro atoms. The predicted octanol–water partition coefficient (Wildman–Crippen LogP) is 3.13. The van der Waals surface area contributed by atoms with Crippen molar-refractivity contribution >= 4 is 5.91 Å². The van der Waals surface area contributed by atoms with Gasteiger partial charge in [0.05, 0.1) is 14.2 Å². The van der Waals surface area contributed by atoms with Crippen LogP contribution in [0.3, 0.4) is 0 Å². The third kappa shape index (κ3) is 3.57. The lowest BCUT2D eigenvalue weighted by molar-refractivity contribution is 0.0705. The van der Waals surface area contributed by atoms with E-state index >= 15 is 0 Å². The maximum absolute atomic E-state index is 12.5. The van der Waals surface area contributed by atoms with E-state index in [1.165, 1.54) is 0 Å². The number of hydrogen-bond acceptors (Lipinski definition) is 3. The average molecular weight is 289 g/mol. The zero-order valence-corrected chi connectivity index (χ0v) is 13.0. The molecule has 2 rings (SSSR count). The van der Waals surface area contributed by atoms with Gasteiger partial charge in [-0.2, -0.15) is 0 Å². The molecule has 1 fully saturated rings. The summed E-state index contributed by atoms with van der Waals surface area (Å²) in [6.07, 6.45) is 6.39. The summed E-state index contributed by atoms with van der Waals surface area (Å²) in [7, 11) is 3.17. The van der Waals surface area contributed by atoms with Crippen molar-refractivity contribution in [3.63, 3.8) is 0 Å². The summed E-state index contributed by atoms with van der Waals surface area (Å²) in [5.41, 5.74) is 0.650. The van der Waals surface area contributed by atoms with Gasteiger partial charge in [0.15, 0.2) is 11.5 Å². The minimum Gasteiger partial charge on any atom is -0.493 e. The van der Waals surface area contributed by atoms with Gasteiger partial charge in [0.2, 0.25) is 0 Å². The van der Waals surface area contributed by atoms with Gasteiger partial charge in [0.1, 0.15) is 0 Å². The average Bonchev–Trinajstić information content (AvgIpc) is 2.54. The van der Waals surface area contributed by atoms with E-state index in [4.69, 9.17) is 9.47 Å². The summed E-state index contributed by atoms with van der Waals surface area (Å²) in [4.78, 5) is 14.5. The second kappa shape index (κ2) is 7.16. The molecule has 0 radical (unpaired) electrons. The molecule has 0 aliphatic carbocycles. The van der Waals surface area contributed by atoms with E-state index < -0.39 is 0 Å². The first-order valence-electron chi connectivity index (χ1n) is 7.33. The Labute approximate surface area is 126 Å². The van der Waals surface area contributed by atoms with Crippen LogP contribution in [-0.2, 0) is 0 Å². The summed E-state index contributed by atoms with van der Waals surface area (Å²) in [5, 5.41) is 0. The topological polar surface area (TPSA) is 38.8 Å². The quantitative estimate of drug-likeness (QED) is 0.799. The Morgan fingerprint density at radius 2 is 1.86 bits per heavy atom. The van der Waals surface area contributed by atoms with E-state index in [1.807, 2.05) is 11.8 Å². The number of carbonyl (C=O) groups is 1. The molecule has 1 heterocycles. The van der Waals surface area contributed by atoms with Crippen LogP contribution in [-0.4, -0.2) is 38.1 Å². The van der Waals surface area contributed by atoms with Gasteiger partial charge in [-0.1, -0.05) is 12.2 Å². The van der Waals surface area contributed by atoms with E-state index in [0.29, 0.717) is 23.0 Å². The van der Waals surface area contributed by atoms with Crippen LogP contribution in [0.4, 0.5) is 0 Å². The van der Waals surface area contributed by atoms with Crippen molar-refractivity contribution in [2.75, 3.05) is 27.3 Å². The summed E-state index contributed by atoms with van der Waals surface area (Å²) >= 11 is 0. The molecule has 1 aliphatic heterocycles. The van der Waals surface area contributed by atoms with Crippen LogP contribution < -0.4 is 9.47 Å². The van der Waals surface area contributed by atoms with Crippen LogP contribution in [0.15, 0.2) is 30.4 Å². The van der Waals surface area contributed by atoms with Crippen molar-refractivity contribution in [3.05, 3.63) is 35.9 Å². The third-order valence-electron chi connectivity index (χ3n) is 3.92. The van der Waals surface area contributed by atoms with E-state index in [2.05, 4.69) is 12.2 Å². The summed E-state index contributed by atoms with van der Waals surface area (Å²) in [5.74, 6) is 1.90. The van der Waals surface area contributed by atoms with E-state index in [0.717, 1.165) is 25.9 Å². The zero-order valence-electron chi connectivity index (χ0n) is 13.0. The van der Waals surface area contributed by atoms with Gasteiger partial charge in [-0.25, -0.2) is 0 Å². The Balaban J connectivity index is 2.07. The summed E-state index contributed by atoms with van der Waals surface area (Å²) < 4.78 is 10.5. The minimum atomic E-state index is 0.0647. The molecule has 0 bridgehead atoms. The molecule has 0 unspecified atom stereocenters. The van der Waals surface area contributed by atoms with Gasteiger partial charge in [-0.05, 0) is 43.9 Å². The van der Waals surface area contributed by atoms with Gasteiger partial charge in [0, 0.05) is 18.7 Å². The molecule has 4 nitrogen and oxygen atoms in total. The first-order valence-corrected chi connectivity index (χ1v) is 7.33. The van der Waals surface area contributed by atoms with Gasteiger partial charge in [-0.3, -0.25) is 4.79 Å². The monoisotopic (exact) mass is 289 g/mol. The van der Waals surface area contributed by atoms with Gasteiger partial charge < -0.3 is 14.4 Å². The molecular formula is C17H23NO3.